The van der Waals surface area contributed by atoms with Crippen LogP contribution in [0.25, 0.3) is 11.2 Å². The van der Waals surface area contributed by atoms with Crippen LogP contribution in [0.1, 0.15) is 37.9 Å². The molecule has 0 aliphatic heterocycles. The fraction of sp³-hybridized carbons (Fsp3) is 0.450. The molecule has 2 aromatic heterocycles. The first-order valence-electron chi connectivity index (χ1n) is 9.75. The summed E-state index contributed by atoms with van der Waals surface area (Å²) in [4.78, 5) is 15.5. The number of anilines is 2. The van der Waals surface area contributed by atoms with Gasteiger partial charge in [0.25, 0.3) is 0 Å². The Balaban J connectivity index is 1.93. The Labute approximate surface area is 172 Å². The van der Waals surface area contributed by atoms with Gasteiger partial charge in [0.1, 0.15) is 0 Å². The summed E-state index contributed by atoms with van der Waals surface area (Å²) in [6.45, 7) is 7.22. The van der Waals surface area contributed by atoms with Crippen molar-refractivity contribution in [3.63, 3.8) is 0 Å². The molecule has 0 radical (unpaired) electrons. The number of nitrogens with one attached hydrogen (secondary N) is 1. The minimum Gasteiger partial charge on any atom is -0.395 e. The van der Waals surface area contributed by atoms with Crippen LogP contribution in [0.5, 0.6) is 0 Å². The lowest BCUT2D eigenvalue weighted by atomic mass is 10.1. The lowest BCUT2D eigenvalue weighted by Crippen LogP contribution is -2.28. The van der Waals surface area contributed by atoms with Crippen LogP contribution in [-0.2, 0) is 12.7 Å². The number of alkyl halides is 3. The number of likely N-dealkylation sites (N-methyl/N-ethyl adjacent to an activating group) is 1. The number of nitrogens with zero attached hydrogens (tertiary/aromatic N) is 5. The summed E-state index contributed by atoms with van der Waals surface area (Å²) in [6.07, 6.45) is -2.67. The standard InChI is InChI=1S/C20H25F3N6O/c1-4-28(9-10-30)19-26-17(16-18(27-19)29(12-25-16)13(2)3)24-11-14-5-7-15(8-6-14)20(21,22)23/h5-8,12-13,30H,4,9-11H2,1-3H3,(H,24,26,27). The summed E-state index contributed by atoms with van der Waals surface area (Å²) in [5, 5.41) is 12.5. The van der Waals surface area contributed by atoms with Gasteiger partial charge in [-0.2, -0.15) is 23.1 Å². The van der Waals surface area contributed by atoms with E-state index in [4.69, 9.17) is 0 Å². The number of hydrogen-bond acceptors (Lipinski definition) is 6. The Morgan fingerprint density at radius 2 is 1.87 bits per heavy atom. The Morgan fingerprint density at radius 1 is 1.17 bits per heavy atom. The number of halogens is 3. The third kappa shape index (κ3) is 4.64. The van der Waals surface area contributed by atoms with Gasteiger partial charge in [0.05, 0.1) is 18.5 Å². The third-order valence-corrected chi connectivity index (χ3v) is 4.74. The summed E-state index contributed by atoms with van der Waals surface area (Å²) >= 11 is 0. The van der Waals surface area contributed by atoms with E-state index in [-0.39, 0.29) is 19.2 Å². The van der Waals surface area contributed by atoms with Crippen molar-refractivity contribution in [3.05, 3.63) is 41.7 Å². The molecule has 0 aliphatic rings. The smallest absolute Gasteiger partial charge is 0.395 e. The highest BCUT2D eigenvalue weighted by molar-refractivity contribution is 5.84. The van der Waals surface area contributed by atoms with Crippen molar-refractivity contribution in [1.82, 2.24) is 19.5 Å². The Kier molecular flexibility index (Phi) is 6.45. The maximum Gasteiger partial charge on any atom is 0.416 e. The monoisotopic (exact) mass is 422 g/mol. The zero-order valence-electron chi connectivity index (χ0n) is 17.1. The second-order valence-corrected chi connectivity index (χ2v) is 7.14. The lowest BCUT2D eigenvalue weighted by molar-refractivity contribution is -0.137. The van der Waals surface area contributed by atoms with Crippen LogP contribution < -0.4 is 10.2 Å². The number of aliphatic hydroxyl groups is 1. The van der Waals surface area contributed by atoms with Gasteiger partial charge in [0, 0.05) is 25.7 Å². The minimum atomic E-state index is -4.36. The van der Waals surface area contributed by atoms with Crippen molar-refractivity contribution >= 4 is 22.9 Å². The molecule has 3 rings (SSSR count). The van der Waals surface area contributed by atoms with Gasteiger partial charge >= 0.3 is 6.18 Å². The number of hydrogen-bond donors (Lipinski definition) is 2. The van der Waals surface area contributed by atoms with E-state index in [0.29, 0.717) is 41.6 Å². The second kappa shape index (κ2) is 8.86. The molecule has 0 unspecified atom stereocenters. The SMILES string of the molecule is CCN(CCO)c1nc(NCc2ccc(C(F)(F)F)cc2)c2ncn(C(C)C)c2n1. The summed E-state index contributed by atoms with van der Waals surface area (Å²) in [7, 11) is 0. The van der Waals surface area contributed by atoms with E-state index in [1.807, 2.05) is 30.2 Å². The van der Waals surface area contributed by atoms with Gasteiger partial charge in [-0.3, -0.25) is 0 Å². The molecule has 10 heteroatoms. The molecular weight excluding hydrogens is 397 g/mol. The molecule has 0 spiro atoms. The van der Waals surface area contributed by atoms with Crippen LogP contribution in [0.2, 0.25) is 0 Å². The third-order valence-electron chi connectivity index (χ3n) is 4.74. The second-order valence-electron chi connectivity index (χ2n) is 7.14. The van der Waals surface area contributed by atoms with E-state index < -0.39 is 11.7 Å². The van der Waals surface area contributed by atoms with Gasteiger partial charge in [-0.05, 0) is 38.5 Å². The summed E-state index contributed by atoms with van der Waals surface area (Å²) in [6, 6.07) is 5.13. The van der Waals surface area contributed by atoms with Crippen LogP contribution >= 0.6 is 0 Å². The first-order valence-corrected chi connectivity index (χ1v) is 9.75. The molecule has 0 saturated heterocycles. The van der Waals surface area contributed by atoms with Crippen LogP contribution in [0.3, 0.4) is 0 Å². The van der Waals surface area contributed by atoms with Crippen molar-refractivity contribution < 1.29 is 18.3 Å². The molecule has 0 fully saturated rings. The van der Waals surface area contributed by atoms with Crippen molar-refractivity contribution in [2.75, 3.05) is 29.9 Å². The molecule has 3 aromatic rings. The highest BCUT2D eigenvalue weighted by Crippen LogP contribution is 2.29. The van der Waals surface area contributed by atoms with Crippen molar-refractivity contribution in [2.45, 2.75) is 39.5 Å². The van der Waals surface area contributed by atoms with Gasteiger partial charge in [0.15, 0.2) is 17.0 Å². The first-order chi connectivity index (χ1) is 14.2. The fourth-order valence-corrected chi connectivity index (χ4v) is 3.07. The van der Waals surface area contributed by atoms with Crippen molar-refractivity contribution in [3.8, 4) is 0 Å². The number of benzene rings is 1. The number of aliphatic hydroxyl groups excluding tert-OH is 1. The molecule has 2 N–H and O–H groups in total. The largest absolute Gasteiger partial charge is 0.416 e. The van der Waals surface area contributed by atoms with Gasteiger partial charge in [-0.15, -0.1) is 0 Å². The van der Waals surface area contributed by atoms with E-state index in [0.717, 1.165) is 12.1 Å². The van der Waals surface area contributed by atoms with Gasteiger partial charge in [-0.25, -0.2) is 4.98 Å². The van der Waals surface area contributed by atoms with Gasteiger partial charge in [-0.1, -0.05) is 12.1 Å². The fourth-order valence-electron chi connectivity index (χ4n) is 3.07. The van der Waals surface area contributed by atoms with Crippen LogP contribution in [0, 0.1) is 0 Å². The maximum absolute atomic E-state index is 12.8. The molecule has 0 amide bonds. The number of aromatic nitrogens is 4. The minimum absolute atomic E-state index is 0.0347. The highest BCUT2D eigenvalue weighted by Gasteiger charge is 2.29. The maximum atomic E-state index is 12.8. The van der Waals surface area contributed by atoms with E-state index >= 15 is 0 Å². The van der Waals surface area contributed by atoms with Crippen LogP contribution in [-0.4, -0.2) is 44.3 Å². The Hall–Kier alpha value is -2.88. The zero-order chi connectivity index (χ0) is 21.9. The first kappa shape index (κ1) is 21.8. The molecule has 0 bridgehead atoms. The van der Waals surface area contributed by atoms with Crippen molar-refractivity contribution in [2.24, 2.45) is 0 Å². The number of imidazole rings is 1. The Morgan fingerprint density at radius 3 is 2.43 bits per heavy atom. The number of rotatable bonds is 8. The molecule has 2 heterocycles. The molecular formula is C20H25F3N6O. The predicted octanol–water partition coefficient (Wildman–Crippen LogP) is 3.86. The zero-order valence-corrected chi connectivity index (χ0v) is 17.1. The summed E-state index contributed by atoms with van der Waals surface area (Å²) < 4.78 is 40.2. The van der Waals surface area contributed by atoms with Crippen molar-refractivity contribution in [1.29, 1.82) is 0 Å². The van der Waals surface area contributed by atoms with Gasteiger partial charge < -0.3 is 19.9 Å². The molecule has 0 atom stereocenters. The highest BCUT2D eigenvalue weighted by atomic mass is 19.4. The van der Waals surface area contributed by atoms with Crippen LogP contribution in [0.4, 0.5) is 24.9 Å². The van der Waals surface area contributed by atoms with Crippen LogP contribution in [0.15, 0.2) is 30.6 Å². The topological polar surface area (TPSA) is 79.1 Å². The normalized spacial score (nSPS) is 12.0. The average Bonchev–Trinajstić information content (AvgIpc) is 3.14. The predicted molar refractivity (Wildman–Crippen MR) is 109 cm³/mol. The summed E-state index contributed by atoms with van der Waals surface area (Å²) in [5.41, 5.74) is 1.24. The average molecular weight is 422 g/mol. The van der Waals surface area contributed by atoms with Gasteiger partial charge in [0.2, 0.25) is 5.95 Å². The van der Waals surface area contributed by atoms with E-state index in [1.54, 1.807) is 6.33 Å². The van der Waals surface area contributed by atoms with E-state index in [9.17, 15) is 18.3 Å². The number of fused-ring (bicyclic) bond motifs is 1. The van der Waals surface area contributed by atoms with E-state index in [2.05, 4.69) is 20.3 Å². The molecule has 1 aromatic carbocycles. The molecule has 0 aliphatic carbocycles. The Bertz CT molecular complexity index is 985. The lowest BCUT2D eigenvalue weighted by Gasteiger charge is -2.21. The molecule has 7 nitrogen and oxygen atoms in total. The molecule has 0 saturated carbocycles. The van der Waals surface area contributed by atoms with E-state index in [1.165, 1.54) is 12.1 Å². The summed E-state index contributed by atoms with van der Waals surface area (Å²) in [5.74, 6) is 0.946. The molecule has 30 heavy (non-hydrogen) atoms. The quantitative estimate of drug-likeness (QED) is 0.574. The molecule has 162 valence electrons.